The molecule has 16 heavy (non-hydrogen) atoms. The van der Waals surface area contributed by atoms with Gasteiger partial charge in [-0.25, -0.2) is 4.68 Å². The molecular formula is C11H13N5. The van der Waals surface area contributed by atoms with Crippen LogP contribution in [0.2, 0.25) is 0 Å². The lowest BCUT2D eigenvalue weighted by atomic mass is 10.2. The van der Waals surface area contributed by atoms with E-state index in [1.165, 1.54) is 0 Å². The Morgan fingerprint density at radius 3 is 3.12 bits per heavy atom. The number of nitrogens with zero attached hydrogens (tertiary/aromatic N) is 4. The van der Waals surface area contributed by atoms with E-state index in [4.69, 9.17) is 0 Å². The van der Waals surface area contributed by atoms with E-state index in [-0.39, 0.29) is 0 Å². The summed E-state index contributed by atoms with van der Waals surface area (Å²) in [5.41, 5.74) is 2.11. The number of pyridine rings is 1. The van der Waals surface area contributed by atoms with Crippen LogP contribution in [0, 0.1) is 0 Å². The summed E-state index contributed by atoms with van der Waals surface area (Å²) in [7, 11) is 0. The molecule has 5 nitrogen and oxygen atoms in total. The highest BCUT2D eigenvalue weighted by Crippen LogP contribution is 2.23. The van der Waals surface area contributed by atoms with Crippen LogP contribution in [0.15, 0.2) is 30.7 Å². The van der Waals surface area contributed by atoms with E-state index in [1.807, 2.05) is 23.0 Å². The third kappa shape index (κ3) is 1.59. The minimum absolute atomic E-state index is 0.415. The van der Waals surface area contributed by atoms with E-state index in [0.29, 0.717) is 6.04 Å². The van der Waals surface area contributed by atoms with Crippen molar-refractivity contribution in [1.29, 1.82) is 0 Å². The minimum Gasteiger partial charge on any atom is -0.315 e. The summed E-state index contributed by atoms with van der Waals surface area (Å²) in [6.45, 7) is 2.02. The minimum atomic E-state index is 0.415. The maximum atomic E-state index is 4.17. The van der Waals surface area contributed by atoms with Gasteiger partial charge < -0.3 is 5.32 Å². The normalized spacial score (nSPS) is 20.1. The Bertz CT molecular complexity index is 458. The molecule has 0 radical (unpaired) electrons. The molecule has 1 N–H and O–H groups in total. The van der Waals surface area contributed by atoms with Gasteiger partial charge in [0.25, 0.3) is 0 Å². The average molecular weight is 215 g/mol. The SMILES string of the molecule is c1cncc(-c2cnnn2C2CCNC2)c1. The van der Waals surface area contributed by atoms with Gasteiger partial charge in [0.1, 0.15) is 0 Å². The van der Waals surface area contributed by atoms with Crippen molar-refractivity contribution in [1.82, 2.24) is 25.3 Å². The van der Waals surface area contributed by atoms with Gasteiger partial charge in [0.2, 0.25) is 0 Å². The van der Waals surface area contributed by atoms with E-state index >= 15 is 0 Å². The standard InChI is InChI=1S/C11H13N5/c1-2-9(6-12-4-1)11-8-14-15-16(11)10-3-5-13-7-10/h1-2,4,6,8,10,13H,3,5,7H2. The summed E-state index contributed by atoms with van der Waals surface area (Å²) < 4.78 is 2.00. The lowest BCUT2D eigenvalue weighted by Gasteiger charge is -2.11. The summed E-state index contributed by atoms with van der Waals surface area (Å²) in [6, 6.07) is 4.38. The van der Waals surface area contributed by atoms with Crippen LogP contribution in [-0.2, 0) is 0 Å². The zero-order valence-electron chi connectivity index (χ0n) is 8.87. The van der Waals surface area contributed by atoms with Crippen molar-refractivity contribution in [2.45, 2.75) is 12.5 Å². The van der Waals surface area contributed by atoms with Crippen molar-refractivity contribution >= 4 is 0 Å². The van der Waals surface area contributed by atoms with Gasteiger partial charge in [0.15, 0.2) is 0 Å². The first-order valence-electron chi connectivity index (χ1n) is 5.46. The zero-order chi connectivity index (χ0) is 10.8. The molecule has 0 spiro atoms. The Morgan fingerprint density at radius 2 is 2.38 bits per heavy atom. The molecule has 0 saturated carbocycles. The third-order valence-electron chi connectivity index (χ3n) is 2.91. The predicted molar refractivity (Wildman–Crippen MR) is 59.8 cm³/mol. The Balaban J connectivity index is 1.99. The summed E-state index contributed by atoms with van der Waals surface area (Å²) in [5.74, 6) is 0. The highest BCUT2D eigenvalue weighted by molar-refractivity contribution is 5.56. The smallest absolute Gasteiger partial charge is 0.0904 e. The third-order valence-corrected chi connectivity index (χ3v) is 2.91. The lowest BCUT2D eigenvalue weighted by molar-refractivity contribution is 0.480. The molecule has 0 amide bonds. The van der Waals surface area contributed by atoms with Gasteiger partial charge in [-0.15, -0.1) is 5.10 Å². The van der Waals surface area contributed by atoms with E-state index in [2.05, 4.69) is 20.6 Å². The largest absolute Gasteiger partial charge is 0.315 e. The van der Waals surface area contributed by atoms with E-state index < -0.39 is 0 Å². The quantitative estimate of drug-likeness (QED) is 0.807. The van der Waals surface area contributed by atoms with Crippen molar-refractivity contribution in [2.75, 3.05) is 13.1 Å². The van der Waals surface area contributed by atoms with Crippen molar-refractivity contribution in [3.05, 3.63) is 30.7 Å². The van der Waals surface area contributed by atoms with Crippen LogP contribution in [0.1, 0.15) is 12.5 Å². The molecule has 3 rings (SSSR count). The van der Waals surface area contributed by atoms with Crippen LogP contribution in [0.4, 0.5) is 0 Å². The molecule has 2 aromatic rings. The summed E-state index contributed by atoms with van der Waals surface area (Å²) in [6.07, 6.45) is 6.53. The molecular weight excluding hydrogens is 202 g/mol. The Labute approximate surface area is 93.5 Å². The van der Waals surface area contributed by atoms with E-state index in [1.54, 1.807) is 12.4 Å². The van der Waals surface area contributed by atoms with E-state index in [0.717, 1.165) is 30.8 Å². The molecule has 3 heterocycles. The van der Waals surface area contributed by atoms with Crippen molar-refractivity contribution < 1.29 is 0 Å². The Hall–Kier alpha value is -1.75. The van der Waals surface area contributed by atoms with Gasteiger partial charge in [-0.3, -0.25) is 4.98 Å². The lowest BCUT2D eigenvalue weighted by Crippen LogP contribution is -2.15. The van der Waals surface area contributed by atoms with Crippen LogP contribution in [0.3, 0.4) is 0 Å². The van der Waals surface area contributed by atoms with Crippen LogP contribution in [0.5, 0.6) is 0 Å². The maximum absolute atomic E-state index is 4.17. The second-order valence-corrected chi connectivity index (χ2v) is 3.95. The summed E-state index contributed by atoms with van der Waals surface area (Å²) in [4.78, 5) is 4.12. The first-order chi connectivity index (χ1) is 7.95. The Morgan fingerprint density at radius 1 is 1.38 bits per heavy atom. The topological polar surface area (TPSA) is 55.6 Å². The van der Waals surface area contributed by atoms with Gasteiger partial charge in [0, 0.05) is 24.5 Å². The summed E-state index contributed by atoms with van der Waals surface area (Å²) in [5, 5.41) is 11.5. The molecule has 2 aromatic heterocycles. The molecule has 1 aliphatic rings. The molecule has 5 heteroatoms. The summed E-state index contributed by atoms with van der Waals surface area (Å²) >= 11 is 0. The van der Waals surface area contributed by atoms with Crippen LogP contribution < -0.4 is 5.32 Å². The second-order valence-electron chi connectivity index (χ2n) is 3.95. The van der Waals surface area contributed by atoms with Gasteiger partial charge in [0.05, 0.1) is 17.9 Å². The monoisotopic (exact) mass is 215 g/mol. The molecule has 1 saturated heterocycles. The molecule has 1 unspecified atom stereocenters. The van der Waals surface area contributed by atoms with Gasteiger partial charge in [-0.2, -0.15) is 0 Å². The average Bonchev–Trinajstić information content (AvgIpc) is 3.01. The molecule has 0 aliphatic carbocycles. The van der Waals surface area contributed by atoms with Gasteiger partial charge >= 0.3 is 0 Å². The number of aromatic nitrogens is 4. The molecule has 0 aromatic carbocycles. The maximum Gasteiger partial charge on any atom is 0.0904 e. The van der Waals surface area contributed by atoms with Crippen LogP contribution >= 0.6 is 0 Å². The fourth-order valence-electron chi connectivity index (χ4n) is 2.08. The van der Waals surface area contributed by atoms with Gasteiger partial charge in [-0.1, -0.05) is 5.21 Å². The van der Waals surface area contributed by atoms with E-state index in [9.17, 15) is 0 Å². The second kappa shape index (κ2) is 4.02. The highest BCUT2D eigenvalue weighted by atomic mass is 15.4. The Kier molecular flexibility index (Phi) is 2.38. The number of rotatable bonds is 2. The molecule has 1 fully saturated rings. The zero-order valence-corrected chi connectivity index (χ0v) is 8.87. The first-order valence-corrected chi connectivity index (χ1v) is 5.46. The number of hydrogen-bond acceptors (Lipinski definition) is 4. The van der Waals surface area contributed by atoms with Crippen molar-refractivity contribution in [2.24, 2.45) is 0 Å². The van der Waals surface area contributed by atoms with Crippen molar-refractivity contribution in [3.8, 4) is 11.3 Å². The van der Waals surface area contributed by atoms with Crippen molar-refractivity contribution in [3.63, 3.8) is 0 Å². The van der Waals surface area contributed by atoms with Crippen LogP contribution in [0.25, 0.3) is 11.3 Å². The fraction of sp³-hybridized carbons (Fsp3) is 0.364. The molecule has 1 atom stereocenters. The molecule has 0 bridgehead atoms. The van der Waals surface area contributed by atoms with Gasteiger partial charge in [-0.05, 0) is 25.1 Å². The molecule has 1 aliphatic heterocycles. The van der Waals surface area contributed by atoms with Crippen LogP contribution in [-0.4, -0.2) is 33.1 Å². The highest BCUT2D eigenvalue weighted by Gasteiger charge is 2.20. The first kappa shape index (κ1) is 9.47. The number of nitrogens with one attached hydrogen (secondary N) is 1. The fourth-order valence-corrected chi connectivity index (χ4v) is 2.08. The molecule has 82 valence electrons. The predicted octanol–water partition coefficient (Wildman–Crippen LogP) is 0.874. The number of hydrogen-bond donors (Lipinski definition) is 1.